The summed E-state index contributed by atoms with van der Waals surface area (Å²) in [5.41, 5.74) is 5.79. The molecule has 1 aliphatic heterocycles. The van der Waals surface area contributed by atoms with E-state index >= 15 is 0 Å². The molecular formula is C12H16FN3O3. The number of benzene rings is 1. The van der Waals surface area contributed by atoms with Crippen molar-refractivity contribution in [3.05, 3.63) is 28.1 Å². The summed E-state index contributed by atoms with van der Waals surface area (Å²) in [4.78, 5) is 11.9. The van der Waals surface area contributed by atoms with Gasteiger partial charge in [-0.2, -0.15) is 0 Å². The van der Waals surface area contributed by atoms with Crippen LogP contribution in [0.4, 0.5) is 15.8 Å². The zero-order valence-corrected chi connectivity index (χ0v) is 10.6. The molecule has 1 aliphatic rings. The minimum Gasteiger partial charge on any atom is -0.490 e. The molecule has 1 fully saturated rings. The molecule has 1 heterocycles. The number of hydrogen-bond acceptors (Lipinski definition) is 5. The van der Waals surface area contributed by atoms with Crippen LogP contribution in [-0.4, -0.2) is 31.2 Å². The Balaban J connectivity index is 2.38. The van der Waals surface area contributed by atoms with Gasteiger partial charge >= 0.3 is 5.69 Å². The van der Waals surface area contributed by atoms with E-state index < -0.39 is 10.7 Å². The first-order valence-corrected chi connectivity index (χ1v) is 6.05. The van der Waals surface area contributed by atoms with Crippen molar-refractivity contribution in [3.8, 4) is 5.75 Å². The summed E-state index contributed by atoms with van der Waals surface area (Å²) >= 11 is 0. The average molecular weight is 269 g/mol. The second-order valence-corrected chi connectivity index (χ2v) is 4.58. The lowest BCUT2D eigenvalue weighted by molar-refractivity contribution is -0.385. The van der Waals surface area contributed by atoms with Crippen molar-refractivity contribution in [2.45, 2.75) is 18.9 Å². The number of nitro benzene ring substituents is 1. The van der Waals surface area contributed by atoms with Gasteiger partial charge < -0.3 is 15.4 Å². The molecule has 1 unspecified atom stereocenters. The highest BCUT2D eigenvalue weighted by Gasteiger charge is 2.24. The highest BCUT2D eigenvalue weighted by atomic mass is 19.1. The number of halogens is 1. The lowest BCUT2D eigenvalue weighted by Gasteiger charge is -2.32. The van der Waals surface area contributed by atoms with Crippen LogP contribution >= 0.6 is 0 Å². The maximum atomic E-state index is 14.0. The van der Waals surface area contributed by atoms with E-state index in [1.54, 1.807) is 4.90 Å². The number of ether oxygens (including phenoxy) is 1. The summed E-state index contributed by atoms with van der Waals surface area (Å²) in [6.45, 7) is 1.23. The van der Waals surface area contributed by atoms with Crippen molar-refractivity contribution < 1.29 is 14.1 Å². The number of anilines is 1. The van der Waals surface area contributed by atoms with Crippen LogP contribution in [0.3, 0.4) is 0 Å². The van der Waals surface area contributed by atoms with Gasteiger partial charge in [0, 0.05) is 25.2 Å². The Bertz CT molecular complexity index is 495. The molecule has 0 spiro atoms. The number of methoxy groups -OCH3 is 1. The fourth-order valence-corrected chi connectivity index (χ4v) is 2.31. The van der Waals surface area contributed by atoms with Crippen LogP contribution in [0.25, 0.3) is 0 Å². The number of nitro groups is 1. The lowest BCUT2D eigenvalue weighted by atomic mass is 10.1. The highest BCUT2D eigenvalue weighted by Crippen LogP contribution is 2.34. The van der Waals surface area contributed by atoms with E-state index in [0.717, 1.165) is 18.9 Å². The van der Waals surface area contributed by atoms with Crippen LogP contribution in [0.5, 0.6) is 5.75 Å². The van der Waals surface area contributed by atoms with Crippen LogP contribution in [0.1, 0.15) is 12.8 Å². The van der Waals surface area contributed by atoms with Gasteiger partial charge in [-0.05, 0) is 12.8 Å². The van der Waals surface area contributed by atoms with Crippen molar-refractivity contribution in [3.63, 3.8) is 0 Å². The largest absolute Gasteiger partial charge is 0.490 e. The molecule has 0 bridgehead atoms. The third-order valence-corrected chi connectivity index (χ3v) is 3.24. The number of piperidine rings is 1. The van der Waals surface area contributed by atoms with E-state index in [2.05, 4.69) is 0 Å². The van der Waals surface area contributed by atoms with Crippen LogP contribution in [0.15, 0.2) is 12.1 Å². The molecule has 0 saturated carbocycles. The van der Waals surface area contributed by atoms with Gasteiger partial charge in [0.1, 0.15) is 0 Å². The van der Waals surface area contributed by atoms with E-state index in [-0.39, 0.29) is 17.5 Å². The van der Waals surface area contributed by atoms with Crippen LogP contribution < -0.4 is 15.4 Å². The van der Waals surface area contributed by atoms with Crippen LogP contribution in [0.2, 0.25) is 0 Å². The van der Waals surface area contributed by atoms with Gasteiger partial charge in [-0.1, -0.05) is 0 Å². The molecule has 7 heteroatoms. The number of nitrogens with zero attached hydrogens (tertiary/aromatic N) is 2. The van der Waals surface area contributed by atoms with Crippen molar-refractivity contribution in [2.24, 2.45) is 5.73 Å². The maximum Gasteiger partial charge on any atom is 0.313 e. The van der Waals surface area contributed by atoms with Gasteiger partial charge in [-0.3, -0.25) is 10.1 Å². The summed E-state index contributed by atoms with van der Waals surface area (Å²) in [7, 11) is 1.33. The Morgan fingerprint density at radius 3 is 2.89 bits per heavy atom. The molecule has 104 valence electrons. The maximum absolute atomic E-state index is 14.0. The second-order valence-electron chi connectivity index (χ2n) is 4.58. The summed E-state index contributed by atoms with van der Waals surface area (Å²) < 4.78 is 18.9. The van der Waals surface area contributed by atoms with Crippen LogP contribution in [0, 0.1) is 15.9 Å². The molecule has 0 aromatic heterocycles. The summed E-state index contributed by atoms with van der Waals surface area (Å²) in [5, 5.41) is 10.8. The Kier molecular flexibility index (Phi) is 3.84. The first-order valence-electron chi connectivity index (χ1n) is 6.05. The quantitative estimate of drug-likeness (QED) is 0.666. The number of hydrogen-bond donors (Lipinski definition) is 1. The third kappa shape index (κ3) is 2.76. The summed E-state index contributed by atoms with van der Waals surface area (Å²) in [5.74, 6) is -0.567. The molecule has 1 aromatic rings. The van der Waals surface area contributed by atoms with Gasteiger partial charge in [0.25, 0.3) is 0 Å². The molecule has 1 aromatic carbocycles. The van der Waals surface area contributed by atoms with Gasteiger partial charge in [-0.15, -0.1) is 0 Å². The molecule has 1 atom stereocenters. The fourth-order valence-electron chi connectivity index (χ4n) is 2.31. The van der Waals surface area contributed by atoms with E-state index in [1.807, 2.05) is 0 Å². The van der Waals surface area contributed by atoms with Crippen molar-refractivity contribution in [1.29, 1.82) is 0 Å². The summed E-state index contributed by atoms with van der Waals surface area (Å²) in [6, 6.07) is 2.26. The van der Waals surface area contributed by atoms with Crippen molar-refractivity contribution in [1.82, 2.24) is 0 Å². The number of rotatable bonds is 3. The zero-order chi connectivity index (χ0) is 14.0. The van der Waals surface area contributed by atoms with Gasteiger partial charge in [-0.25, -0.2) is 4.39 Å². The smallest absolute Gasteiger partial charge is 0.313 e. The van der Waals surface area contributed by atoms with E-state index in [1.165, 1.54) is 13.2 Å². The molecule has 6 nitrogen and oxygen atoms in total. The summed E-state index contributed by atoms with van der Waals surface area (Å²) in [6.07, 6.45) is 1.78. The normalized spacial score (nSPS) is 19.3. The predicted octanol–water partition coefficient (Wildman–Crippen LogP) is 1.67. The molecule has 0 radical (unpaired) electrons. The standard InChI is InChI=1S/C12H16FN3O3/c1-19-12-6-10(9(13)5-11(12)16(17)18)15-4-2-3-8(14)7-15/h5-6,8H,2-4,7,14H2,1H3. The molecule has 2 rings (SSSR count). The molecule has 0 aliphatic carbocycles. The Morgan fingerprint density at radius 1 is 1.58 bits per heavy atom. The van der Waals surface area contributed by atoms with Crippen molar-refractivity contribution in [2.75, 3.05) is 25.1 Å². The molecule has 2 N–H and O–H groups in total. The zero-order valence-electron chi connectivity index (χ0n) is 10.6. The molecular weight excluding hydrogens is 253 g/mol. The first kappa shape index (κ1) is 13.5. The first-order chi connectivity index (χ1) is 9.02. The minimum absolute atomic E-state index is 0.00524. The van der Waals surface area contributed by atoms with Crippen molar-refractivity contribution >= 4 is 11.4 Å². The van der Waals surface area contributed by atoms with Crippen LogP contribution in [-0.2, 0) is 0 Å². The topological polar surface area (TPSA) is 81.6 Å². The van der Waals surface area contributed by atoms with Gasteiger partial charge in [0.15, 0.2) is 11.6 Å². The SMILES string of the molecule is COc1cc(N2CCCC(N)C2)c(F)cc1[N+](=O)[O-]. The third-order valence-electron chi connectivity index (χ3n) is 3.24. The predicted molar refractivity (Wildman–Crippen MR) is 69.0 cm³/mol. The number of nitrogens with two attached hydrogens (primary N) is 1. The van der Waals surface area contributed by atoms with Gasteiger partial charge in [0.2, 0.25) is 0 Å². The monoisotopic (exact) mass is 269 g/mol. The fraction of sp³-hybridized carbons (Fsp3) is 0.500. The Morgan fingerprint density at radius 2 is 2.32 bits per heavy atom. The van der Waals surface area contributed by atoms with E-state index in [0.29, 0.717) is 18.8 Å². The highest BCUT2D eigenvalue weighted by molar-refractivity contribution is 5.60. The molecule has 19 heavy (non-hydrogen) atoms. The Hall–Kier alpha value is -1.89. The Labute approximate surface area is 110 Å². The average Bonchev–Trinajstić information content (AvgIpc) is 2.38. The van der Waals surface area contributed by atoms with E-state index in [9.17, 15) is 14.5 Å². The lowest BCUT2D eigenvalue weighted by Crippen LogP contribution is -2.43. The van der Waals surface area contributed by atoms with Gasteiger partial charge in [0.05, 0.1) is 23.8 Å². The second kappa shape index (κ2) is 5.40. The molecule has 0 amide bonds. The van der Waals surface area contributed by atoms with E-state index in [4.69, 9.17) is 10.5 Å². The molecule has 1 saturated heterocycles. The minimum atomic E-state index is -0.659.